The summed E-state index contributed by atoms with van der Waals surface area (Å²) in [6, 6.07) is 3.97. The van der Waals surface area contributed by atoms with E-state index in [4.69, 9.17) is 4.74 Å². The SMILES string of the molecule is Cc1c(C(=O)N2CC3(CCOCC3)C2)cn(-c2ccc(S(=O)NC(C)(C)C)c(C(F)(F)F)c2)c1CC1CCCCC1. The summed E-state index contributed by atoms with van der Waals surface area (Å²) < 4.78 is 65.9. The predicted octanol–water partition coefficient (Wildman–Crippen LogP) is 6.59. The zero-order chi connectivity index (χ0) is 29.6. The van der Waals surface area contributed by atoms with Crippen molar-refractivity contribution in [1.29, 1.82) is 0 Å². The highest BCUT2D eigenvalue weighted by atomic mass is 32.2. The van der Waals surface area contributed by atoms with Gasteiger partial charge in [0.15, 0.2) is 0 Å². The van der Waals surface area contributed by atoms with E-state index in [9.17, 15) is 22.2 Å². The van der Waals surface area contributed by atoms with E-state index in [1.165, 1.54) is 12.5 Å². The number of hydrogen-bond donors (Lipinski definition) is 1. The molecule has 5 rings (SSSR count). The number of nitrogens with zero attached hydrogens (tertiary/aromatic N) is 2. The monoisotopic (exact) mass is 593 g/mol. The maximum absolute atomic E-state index is 14.3. The van der Waals surface area contributed by atoms with Crippen molar-refractivity contribution in [2.75, 3.05) is 26.3 Å². The van der Waals surface area contributed by atoms with Gasteiger partial charge in [-0.25, -0.2) is 8.93 Å². The van der Waals surface area contributed by atoms with Crippen LogP contribution < -0.4 is 4.72 Å². The first-order valence-corrected chi connectivity index (χ1v) is 15.9. The number of benzene rings is 1. The highest BCUT2D eigenvalue weighted by Crippen LogP contribution is 2.42. The van der Waals surface area contributed by atoms with Crippen LogP contribution in [0.2, 0.25) is 0 Å². The van der Waals surface area contributed by atoms with Crippen molar-refractivity contribution in [3.8, 4) is 5.69 Å². The Morgan fingerprint density at radius 3 is 2.37 bits per heavy atom. The van der Waals surface area contributed by atoms with E-state index in [0.717, 1.165) is 69.1 Å². The van der Waals surface area contributed by atoms with E-state index in [1.807, 2.05) is 11.8 Å². The highest BCUT2D eigenvalue weighted by Gasteiger charge is 2.46. The van der Waals surface area contributed by atoms with E-state index in [-0.39, 0.29) is 16.2 Å². The number of nitrogens with one attached hydrogen (secondary N) is 1. The van der Waals surface area contributed by atoms with Crippen LogP contribution in [0, 0.1) is 18.3 Å². The lowest BCUT2D eigenvalue weighted by atomic mass is 9.73. The molecule has 3 aliphatic rings. The molecule has 3 heterocycles. The van der Waals surface area contributed by atoms with Gasteiger partial charge < -0.3 is 14.2 Å². The van der Waals surface area contributed by atoms with Crippen LogP contribution in [0.15, 0.2) is 29.3 Å². The largest absolute Gasteiger partial charge is 0.417 e. The van der Waals surface area contributed by atoms with Crippen LogP contribution in [-0.4, -0.2) is 51.4 Å². The van der Waals surface area contributed by atoms with Crippen LogP contribution in [0.5, 0.6) is 0 Å². The molecule has 1 aromatic carbocycles. The van der Waals surface area contributed by atoms with Crippen molar-refractivity contribution in [3.63, 3.8) is 0 Å². The van der Waals surface area contributed by atoms with E-state index >= 15 is 0 Å². The third-order valence-corrected chi connectivity index (χ3v) is 10.4. The number of aromatic nitrogens is 1. The predicted molar refractivity (Wildman–Crippen MR) is 153 cm³/mol. The minimum absolute atomic E-state index is 0.0635. The first-order chi connectivity index (χ1) is 19.3. The Kier molecular flexibility index (Phi) is 8.49. The average molecular weight is 594 g/mol. The summed E-state index contributed by atoms with van der Waals surface area (Å²) in [6.45, 7) is 10.0. The van der Waals surface area contributed by atoms with Crippen LogP contribution in [0.1, 0.15) is 92.9 Å². The Balaban J connectivity index is 1.51. The van der Waals surface area contributed by atoms with Crippen LogP contribution in [-0.2, 0) is 28.3 Å². The number of carbonyl (C=O) groups excluding carboxylic acids is 1. The van der Waals surface area contributed by atoms with Gasteiger partial charge in [-0.05, 0) is 76.6 Å². The van der Waals surface area contributed by atoms with E-state index < -0.39 is 28.3 Å². The van der Waals surface area contributed by atoms with Gasteiger partial charge in [0.1, 0.15) is 11.0 Å². The summed E-state index contributed by atoms with van der Waals surface area (Å²) in [5, 5.41) is 0. The Morgan fingerprint density at radius 1 is 1.10 bits per heavy atom. The first-order valence-electron chi connectivity index (χ1n) is 14.8. The standard InChI is InChI=1S/C31H42F3N3O3S/c1-21-24(28(38)36-19-30(20-36)12-14-40-15-13-30)18-37(26(21)16-22-8-6-5-7-9-22)23-10-11-27(25(17-23)31(32,33)34)41(39)35-29(2,3)4/h10-11,17-18,22,35H,5-9,12-16,19-20H2,1-4H3. The lowest BCUT2D eigenvalue weighted by Crippen LogP contribution is -2.60. The molecular formula is C31H42F3N3O3S. The number of carbonyl (C=O) groups is 1. The number of ether oxygens (including phenoxy) is 1. The molecule has 0 radical (unpaired) electrons. The lowest BCUT2D eigenvalue weighted by molar-refractivity contribution is -0.139. The van der Waals surface area contributed by atoms with Crippen molar-refractivity contribution >= 4 is 16.9 Å². The molecule has 3 fully saturated rings. The summed E-state index contributed by atoms with van der Waals surface area (Å²) in [6.07, 6.45) is 5.29. The number of alkyl halides is 3. The Morgan fingerprint density at radius 2 is 1.76 bits per heavy atom. The minimum atomic E-state index is -4.69. The number of rotatable bonds is 6. The minimum Gasteiger partial charge on any atom is -0.381 e. The highest BCUT2D eigenvalue weighted by molar-refractivity contribution is 7.83. The molecule has 1 saturated carbocycles. The molecule has 1 N–H and O–H groups in total. The van der Waals surface area contributed by atoms with Gasteiger partial charge in [-0.15, -0.1) is 0 Å². The Labute approximate surface area is 243 Å². The second kappa shape index (κ2) is 11.5. The van der Waals surface area contributed by atoms with Gasteiger partial charge in [0.05, 0.1) is 16.0 Å². The third kappa shape index (κ3) is 6.59. The van der Waals surface area contributed by atoms with Gasteiger partial charge in [-0.2, -0.15) is 13.2 Å². The van der Waals surface area contributed by atoms with Crippen LogP contribution >= 0.6 is 0 Å². The Hall–Kier alpha value is -2.17. The normalized spacial score (nSPS) is 20.7. The molecule has 2 saturated heterocycles. The van der Waals surface area contributed by atoms with Crippen molar-refractivity contribution in [1.82, 2.24) is 14.2 Å². The molecule has 2 aliphatic heterocycles. The molecule has 10 heteroatoms. The van der Waals surface area contributed by atoms with Gasteiger partial charge in [0.2, 0.25) is 0 Å². The van der Waals surface area contributed by atoms with Gasteiger partial charge in [-0.3, -0.25) is 4.79 Å². The second-order valence-electron chi connectivity index (χ2n) is 13.3. The number of halogens is 3. The number of likely N-dealkylation sites (tertiary alicyclic amines) is 1. The van der Waals surface area contributed by atoms with Gasteiger partial charge in [0, 0.05) is 54.8 Å². The van der Waals surface area contributed by atoms with Crippen molar-refractivity contribution < 1.29 is 26.9 Å². The van der Waals surface area contributed by atoms with Crippen molar-refractivity contribution in [2.24, 2.45) is 11.3 Å². The van der Waals surface area contributed by atoms with Crippen LogP contribution in [0.4, 0.5) is 13.2 Å². The fourth-order valence-electron chi connectivity index (χ4n) is 6.58. The molecule has 6 nitrogen and oxygen atoms in total. The summed E-state index contributed by atoms with van der Waals surface area (Å²) in [5.41, 5.74) is 1.16. The number of amides is 1. The number of hydrogen-bond acceptors (Lipinski definition) is 3. The fraction of sp³-hybridized carbons (Fsp3) is 0.645. The fourth-order valence-corrected chi connectivity index (χ4v) is 7.82. The van der Waals surface area contributed by atoms with Crippen LogP contribution in [0.3, 0.4) is 0 Å². The van der Waals surface area contributed by atoms with Crippen molar-refractivity contribution in [2.45, 2.75) is 95.7 Å². The topological polar surface area (TPSA) is 63.6 Å². The summed E-state index contributed by atoms with van der Waals surface area (Å²) in [5.74, 6) is 0.366. The zero-order valence-corrected chi connectivity index (χ0v) is 25.3. The quantitative estimate of drug-likeness (QED) is 0.411. The van der Waals surface area contributed by atoms with E-state index in [1.54, 1.807) is 37.6 Å². The molecule has 1 unspecified atom stereocenters. The zero-order valence-electron chi connectivity index (χ0n) is 24.5. The molecule has 1 atom stereocenters. The Bertz CT molecular complexity index is 1290. The van der Waals surface area contributed by atoms with Gasteiger partial charge in [0.25, 0.3) is 5.91 Å². The summed E-state index contributed by atoms with van der Waals surface area (Å²) in [4.78, 5) is 15.3. The van der Waals surface area contributed by atoms with E-state index in [2.05, 4.69) is 4.72 Å². The van der Waals surface area contributed by atoms with Gasteiger partial charge in [-0.1, -0.05) is 32.1 Å². The molecule has 1 aliphatic carbocycles. The molecule has 226 valence electrons. The van der Waals surface area contributed by atoms with Crippen molar-refractivity contribution in [3.05, 3.63) is 46.8 Å². The smallest absolute Gasteiger partial charge is 0.381 e. The first kappa shape index (κ1) is 30.3. The summed E-state index contributed by atoms with van der Waals surface area (Å²) in [7, 11) is -2.05. The van der Waals surface area contributed by atoms with Crippen LogP contribution in [0.25, 0.3) is 5.69 Å². The molecule has 1 aromatic heterocycles. The molecule has 1 spiro atoms. The second-order valence-corrected chi connectivity index (χ2v) is 14.4. The lowest BCUT2D eigenvalue weighted by Gasteiger charge is -2.52. The molecule has 0 bridgehead atoms. The third-order valence-electron chi connectivity index (χ3n) is 8.86. The molecule has 2 aromatic rings. The molecule has 1 amide bonds. The summed E-state index contributed by atoms with van der Waals surface area (Å²) >= 11 is 0. The average Bonchev–Trinajstić information content (AvgIpc) is 3.21. The molecule has 41 heavy (non-hydrogen) atoms. The van der Waals surface area contributed by atoms with E-state index in [0.29, 0.717) is 36.7 Å². The maximum atomic E-state index is 14.3. The van der Waals surface area contributed by atoms with Gasteiger partial charge >= 0.3 is 6.18 Å². The maximum Gasteiger partial charge on any atom is 0.417 e. The molecular weight excluding hydrogens is 551 g/mol.